The second kappa shape index (κ2) is 8.36. The molecule has 2 amide bonds. The molecule has 158 valence electrons. The lowest BCUT2D eigenvalue weighted by atomic mass is 10.1. The quantitative estimate of drug-likeness (QED) is 0.319. The summed E-state index contributed by atoms with van der Waals surface area (Å²) in [7, 11) is 0. The number of fused-ring (bicyclic) bond motifs is 2. The molecule has 5 rings (SSSR count). The van der Waals surface area contributed by atoms with E-state index in [-0.39, 0.29) is 30.9 Å². The summed E-state index contributed by atoms with van der Waals surface area (Å²) in [6.45, 7) is 0.374. The van der Waals surface area contributed by atoms with Crippen molar-refractivity contribution in [2.75, 3.05) is 18.9 Å². The van der Waals surface area contributed by atoms with Crippen molar-refractivity contribution in [2.24, 2.45) is 0 Å². The van der Waals surface area contributed by atoms with Gasteiger partial charge in [0.15, 0.2) is 0 Å². The topological polar surface area (TPSA) is 68.6 Å². The van der Waals surface area contributed by atoms with Crippen LogP contribution >= 0.6 is 23.1 Å². The average Bonchev–Trinajstić information content (AvgIpc) is 3.50. The zero-order valence-electron chi connectivity index (χ0n) is 16.7. The number of ether oxygens (including phenoxy) is 1. The van der Waals surface area contributed by atoms with E-state index in [4.69, 9.17) is 4.74 Å². The molecule has 2 aliphatic heterocycles. The fourth-order valence-electron chi connectivity index (χ4n) is 3.98. The van der Waals surface area contributed by atoms with Gasteiger partial charge in [0.25, 0.3) is 11.8 Å². The Morgan fingerprint density at radius 2 is 1.74 bits per heavy atom. The van der Waals surface area contributed by atoms with Crippen LogP contribution in [0.5, 0.6) is 0 Å². The van der Waals surface area contributed by atoms with Crippen molar-refractivity contribution in [3.05, 3.63) is 75.9 Å². The zero-order valence-corrected chi connectivity index (χ0v) is 18.3. The summed E-state index contributed by atoms with van der Waals surface area (Å²) in [6, 6.07) is 10.7. The van der Waals surface area contributed by atoms with Crippen LogP contribution in [0.4, 0.5) is 0 Å². The Balaban J connectivity index is 1.26. The third-order valence-corrected chi connectivity index (χ3v) is 7.90. The average molecular weight is 453 g/mol. The highest BCUT2D eigenvalue weighted by Gasteiger charge is 2.34. The van der Waals surface area contributed by atoms with Crippen LogP contribution in [0.3, 0.4) is 0 Å². The van der Waals surface area contributed by atoms with Gasteiger partial charge in [-0.15, -0.1) is 11.3 Å². The number of amides is 2. The lowest BCUT2D eigenvalue weighted by molar-refractivity contribution is 0.0482. The first-order valence-electron chi connectivity index (χ1n) is 10.1. The number of thiophene rings is 1. The largest absolute Gasteiger partial charge is 0.462 e. The molecule has 0 radical (unpaired) electrons. The van der Waals surface area contributed by atoms with E-state index in [2.05, 4.69) is 0 Å². The minimum Gasteiger partial charge on any atom is -0.462 e. The number of nitrogens with zero attached hydrogens (tertiary/aromatic N) is 2. The number of esters is 1. The Labute approximate surface area is 187 Å². The number of hydrogen-bond acceptors (Lipinski definition) is 6. The molecule has 0 saturated heterocycles. The molecule has 0 atom stereocenters. The van der Waals surface area contributed by atoms with Crippen LogP contribution in [0.25, 0.3) is 5.00 Å². The van der Waals surface area contributed by atoms with Gasteiger partial charge >= 0.3 is 5.97 Å². The van der Waals surface area contributed by atoms with Crippen LogP contribution in [0.2, 0.25) is 0 Å². The Morgan fingerprint density at radius 3 is 2.45 bits per heavy atom. The van der Waals surface area contributed by atoms with Gasteiger partial charge in [0.05, 0.1) is 23.3 Å². The third-order valence-electron chi connectivity index (χ3n) is 5.48. The van der Waals surface area contributed by atoms with Crippen LogP contribution in [0.15, 0.2) is 48.8 Å². The Bertz CT molecular complexity index is 1130. The molecule has 0 unspecified atom stereocenters. The Hall–Kier alpha value is -2.84. The van der Waals surface area contributed by atoms with E-state index in [0.717, 1.165) is 28.5 Å². The molecule has 2 aliphatic rings. The van der Waals surface area contributed by atoms with E-state index < -0.39 is 0 Å². The molecule has 2 aromatic heterocycles. The molecule has 31 heavy (non-hydrogen) atoms. The molecule has 1 aromatic carbocycles. The minimum absolute atomic E-state index is 0.150. The van der Waals surface area contributed by atoms with Gasteiger partial charge in [-0.3, -0.25) is 14.5 Å². The molecule has 0 aliphatic carbocycles. The molecule has 0 fully saturated rings. The minimum atomic E-state index is -0.338. The summed E-state index contributed by atoms with van der Waals surface area (Å²) < 4.78 is 7.56. The number of thioether (sulfide) groups is 1. The van der Waals surface area contributed by atoms with Crippen LogP contribution in [-0.2, 0) is 16.9 Å². The van der Waals surface area contributed by atoms with Crippen molar-refractivity contribution in [3.63, 3.8) is 0 Å². The lowest BCUT2D eigenvalue weighted by Crippen LogP contribution is -2.31. The van der Waals surface area contributed by atoms with E-state index in [0.29, 0.717) is 23.1 Å². The maximum absolute atomic E-state index is 13.0. The molecule has 0 bridgehead atoms. The van der Waals surface area contributed by atoms with Gasteiger partial charge in [0, 0.05) is 29.6 Å². The van der Waals surface area contributed by atoms with Crippen LogP contribution < -0.4 is 0 Å². The zero-order chi connectivity index (χ0) is 21.4. The highest BCUT2D eigenvalue weighted by molar-refractivity contribution is 7.98. The number of imide groups is 1. The summed E-state index contributed by atoms with van der Waals surface area (Å²) in [4.78, 5) is 40.4. The molecule has 3 aromatic rings. The molecule has 6 nitrogen and oxygen atoms in total. The fraction of sp³-hybridized carbons (Fsp3) is 0.261. The number of carbonyl (C=O) groups is 3. The summed E-state index contributed by atoms with van der Waals surface area (Å²) in [5.41, 5.74) is 2.61. The summed E-state index contributed by atoms with van der Waals surface area (Å²) in [5.74, 6) is 1.00. The number of benzene rings is 1. The highest BCUT2D eigenvalue weighted by atomic mass is 32.2. The summed E-state index contributed by atoms with van der Waals surface area (Å²) in [6.07, 6.45) is 5.13. The summed E-state index contributed by atoms with van der Waals surface area (Å²) >= 11 is 3.52. The van der Waals surface area contributed by atoms with E-state index in [9.17, 15) is 14.4 Å². The number of carbonyl (C=O) groups excluding carboxylic acids is 3. The maximum atomic E-state index is 13.0. The molecule has 0 N–H and O–H groups in total. The smallest absolute Gasteiger partial charge is 0.341 e. The van der Waals surface area contributed by atoms with Crippen LogP contribution in [-0.4, -0.2) is 46.2 Å². The van der Waals surface area contributed by atoms with Gasteiger partial charge in [-0.05, 0) is 48.4 Å². The second-order valence-electron chi connectivity index (χ2n) is 7.37. The van der Waals surface area contributed by atoms with Gasteiger partial charge < -0.3 is 9.30 Å². The van der Waals surface area contributed by atoms with Crippen LogP contribution in [0.1, 0.15) is 47.9 Å². The molecule has 8 heteroatoms. The molecule has 4 heterocycles. The van der Waals surface area contributed by atoms with Crippen molar-refractivity contribution in [1.82, 2.24) is 9.47 Å². The van der Waals surface area contributed by atoms with Crippen LogP contribution in [0, 0.1) is 0 Å². The highest BCUT2D eigenvalue weighted by Crippen LogP contribution is 2.38. The van der Waals surface area contributed by atoms with Gasteiger partial charge in [-0.1, -0.05) is 12.1 Å². The normalized spacial score (nSPS) is 15.2. The first kappa shape index (κ1) is 20.1. The number of aromatic nitrogens is 1. The van der Waals surface area contributed by atoms with Crippen molar-refractivity contribution in [3.8, 4) is 5.00 Å². The van der Waals surface area contributed by atoms with E-state index in [1.165, 1.54) is 9.78 Å². The van der Waals surface area contributed by atoms with Crippen molar-refractivity contribution in [1.29, 1.82) is 0 Å². The number of hydrogen-bond donors (Lipinski definition) is 0. The maximum Gasteiger partial charge on any atom is 0.341 e. The van der Waals surface area contributed by atoms with E-state index >= 15 is 0 Å². The lowest BCUT2D eigenvalue weighted by Gasteiger charge is -2.15. The van der Waals surface area contributed by atoms with Gasteiger partial charge in [0.1, 0.15) is 5.00 Å². The third kappa shape index (κ3) is 3.59. The first-order chi connectivity index (χ1) is 15.1. The molecule has 0 spiro atoms. The fourth-order valence-corrected chi connectivity index (χ4v) is 6.42. The van der Waals surface area contributed by atoms with Gasteiger partial charge in [-0.2, -0.15) is 11.8 Å². The molecular weight excluding hydrogens is 432 g/mol. The first-order valence-corrected chi connectivity index (χ1v) is 12.1. The Kier molecular flexibility index (Phi) is 5.41. The molecule has 0 saturated carbocycles. The standard InChI is InChI=1S/C23H20N2O4S2/c26-20-15-6-1-2-7-16(15)21(27)25(20)11-5-12-29-23(28)19-17-8-13-30-14-18(17)31-22(19)24-9-3-4-10-24/h1-4,6-7,9-10H,5,8,11-14H2. The van der Waals surface area contributed by atoms with Crippen molar-refractivity contribution < 1.29 is 19.1 Å². The van der Waals surface area contributed by atoms with E-state index in [1.54, 1.807) is 35.6 Å². The van der Waals surface area contributed by atoms with E-state index in [1.807, 2.05) is 40.9 Å². The monoisotopic (exact) mass is 452 g/mol. The van der Waals surface area contributed by atoms with Gasteiger partial charge in [-0.25, -0.2) is 4.79 Å². The van der Waals surface area contributed by atoms with Crippen molar-refractivity contribution >= 4 is 40.9 Å². The SMILES string of the molecule is O=C(OCCCN1C(=O)c2ccccc2C1=O)c1c(-n2cccc2)sc2c1CCSC2. The molecular formula is C23H20N2O4S2. The van der Waals surface area contributed by atoms with Crippen molar-refractivity contribution in [2.45, 2.75) is 18.6 Å². The van der Waals surface area contributed by atoms with Gasteiger partial charge in [0.2, 0.25) is 0 Å². The number of rotatable bonds is 6. The second-order valence-corrected chi connectivity index (χ2v) is 9.56. The summed E-state index contributed by atoms with van der Waals surface area (Å²) in [5, 5.41) is 0.892. The Morgan fingerprint density at radius 1 is 1.03 bits per heavy atom. The predicted molar refractivity (Wildman–Crippen MR) is 120 cm³/mol. The predicted octanol–water partition coefficient (Wildman–Crippen LogP) is 4.17.